The van der Waals surface area contributed by atoms with Crippen molar-refractivity contribution in [3.63, 3.8) is 0 Å². The third-order valence-electron chi connectivity index (χ3n) is 3.90. The quantitative estimate of drug-likeness (QED) is 0.757. The van der Waals surface area contributed by atoms with Gasteiger partial charge in [0.1, 0.15) is 5.75 Å². The van der Waals surface area contributed by atoms with Gasteiger partial charge in [0.25, 0.3) is 0 Å². The fraction of sp³-hybridized carbons (Fsp3) is 0.625. The Morgan fingerprint density at radius 2 is 1.96 bits per heavy atom. The second-order valence-corrected chi connectivity index (χ2v) is 7.73. The molecule has 1 aliphatic rings. The molecular formula is C16H27ClN2O3S. The van der Waals surface area contributed by atoms with Crippen LogP contribution in [0.25, 0.3) is 0 Å². The first-order valence-electron chi connectivity index (χ1n) is 8.02. The van der Waals surface area contributed by atoms with Gasteiger partial charge in [-0.05, 0) is 43.5 Å². The molecule has 0 spiro atoms. The Morgan fingerprint density at radius 3 is 2.57 bits per heavy atom. The largest absolute Gasteiger partial charge is 0.494 e. The number of benzene rings is 1. The van der Waals surface area contributed by atoms with Crippen molar-refractivity contribution in [1.82, 2.24) is 4.31 Å². The molecule has 1 fully saturated rings. The fourth-order valence-corrected chi connectivity index (χ4v) is 4.13. The van der Waals surface area contributed by atoms with E-state index >= 15 is 0 Å². The summed E-state index contributed by atoms with van der Waals surface area (Å²) in [6.45, 7) is 3.76. The Hall–Kier alpha value is -0.820. The fourth-order valence-electron chi connectivity index (χ4n) is 2.59. The highest BCUT2D eigenvalue weighted by Gasteiger charge is 2.28. The lowest BCUT2D eigenvalue weighted by Gasteiger charge is -2.29. The molecular weight excluding hydrogens is 336 g/mol. The standard InChI is InChI=1S/C16H26N2O3S.ClH/c1-2-3-4-12-21-15-7-9-16(10-8-15)22(19,20)18-11-5-6-14(17)13-18;/h7-10,14H,2-6,11-13,17H2,1H3;1H. The van der Waals surface area contributed by atoms with Gasteiger partial charge in [-0.25, -0.2) is 8.42 Å². The number of nitrogens with two attached hydrogens (primary N) is 1. The van der Waals surface area contributed by atoms with Crippen LogP contribution in [-0.4, -0.2) is 38.5 Å². The first-order valence-corrected chi connectivity index (χ1v) is 9.46. The smallest absolute Gasteiger partial charge is 0.243 e. The average molecular weight is 363 g/mol. The van der Waals surface area contributed by atoms with E-state index in [0.29, 0.717) is 30.3 Å². The molecule has 0 bridgehead atoms. The number of hydrogen-bond donors (Lipinski definition) is 1. The van der Waals surface area contributed by atoms with E-state index in [1.807, 2.05) is 0 Å². The number of hydrogen-bond acceptors (Lipinski definition) is 4. The molecule has 0 radical (unpaired) electrons. The Labute approximate surface area is 145 Å². The highest BCUT2D eigenvalue weighted by Crippen LogP contribution is 2.22. The molecule has 0 aliphatic carbocycles. The summed E-state index contributed by atoms with van der Waals surface area (Å²) in [5.74, 6) is 0.713. The Balaban J connectivity index is 0.00000264. The molecule has 1 unspecified atom stereocenters. The van der Waals surface area contributed by atoms with Crippen LogP contribution in [0.1, 0.15) is 39.0 Å². The minimum Gasteiger partial charge on any atom is -0.494 e. The molecule has 1 heterocycles. The van der Waals surface area contributed by atoms with Crippen molar-refractivity contribution in [3.8, 4) is 5.75 Å². The first-order chi connectivity index (χ1) is 10.5. The van der Waals surface area contributed by atoms with Crippen LogP contribution in [0.5, 0.6) is 5.75 Å². The van der Waals surface area contributed by atoms with Crippen LogP contribution >= 0.6 is 12.4 Å². The van der Waals surface area contributed by atoms with E-state index in [-0.39, 0.29) is 18.4 Å². The second kappa shape index (κ2) is 9.47. The Kier molecular flexibility index (Phi) is 8.33. The number of sulfonamides is 1. The zero-order valence-electron chi connectivity index (χ0n) is 13.6. The molecule has 0 amide bonds. The van der Waals surface area contributed by atoms with Crippen molar-refractivity contribution in [1.29, 1.82) is 0 Å². The van der Waals surface area contributed by atoms with E-state index < -0.39 is 10.0 Å². The summed E-state index contributed by atoms with van der Waals surface area (Å²) in [5, 5.41) is 0. The normalized spacial score (nSPS) is 19.1. The summed E-state index contributed by atoms with van der Waals surface area (Å²) in [4.78, 5) is 0.308. The third kappa shape index (κ3) is 5.64. The predicted molar refractivity (Wildman–Crippen MR) is 94.7 cm³/mol. The number of halogens is 1. The number of ether oxygens (including phenoxy) is 1. The zero-order chi connectivity index (χ0) is 16.0. The summed E-state index contributed by atoms with van der Waals surface area (Å²) in [5.41, 5.74) is 5.88. The molecule has 23 heavy (non-hydrogen) atoms. The van der Waals surface area contributed by atoms with Gasteiger partial charge < -0.3 is 10.5 Å². The van der Waals surface area contributed by atoms with Gasteiger partial charge in [0.2, 0.25) is 10.0 Å². The highest BCUT2D eigenvalue weighted by molar-refractivity contribution is 7.89. The minimum absolute atomic E-state index is 0. The van der Waals surface area contributed by atoms with E-state index in [9.17, 15) is 8.42 Å². The lowest BCUT2D eigenvalue weighted by atomic mass is 10.1. The van der Waals surface area contributed by atoms with Gasteiger partial charge >= 0.3 is 0 Å². The summed E-state index contributed by atoms with van der Waals surface area (Å²) < 4.78 is 32.2. The van der Waals surface area contributed by atoms with E-state index in [0.717, 1.165) is 32.1 Å². The highest BCUT2D eigenvalue weighted by atomic mass is 35.5. The van der Waals surface area contributed by atoms with E-state index in [4.69, 9.17) is 10.5 Å². The van der Waals surface area contributed by atoms with Gasteiger partial charge in [-0.15, -0.1) is 12.4 Å². The predicted octanol–water partition coefficient (Wildman–Crippen LogP) is 2.79. The molecule has 1 aromatic carbocycles. The summed E-state index contributed by atoms with van der Waals surface area (Å²) in [6.07, 6.45) is 5.01. The minimum atomic E-state index is -3.44. The van der Waals surface area contributed by atoms with Gasteiger partial charge in [0, 0.05) is 19.1 Å². The number of nitrogens with zero attached hydrogens (tertiary/aromatic N) is 1. The maximum atomic E-state index is 12.6. The third-order valence-corrected chi connectivity index (χ3v) is 5.78. The maximum Gasteiger partial charge on any atom is 0.243 e. The van der Waals surface area contributed by atoms with Crippen molar-refractivity contribution < 1.29 is 13.2 Å². The van der Waals surface area contributed by atoms with Crippen LogP contribution in [0.15, 0.2) is 29.2 Å². The van der Waals surface area contributed by atoms with Crippen LogP contribution < -0.4 is 10.5 Å². The molecule has 1 saturated heterocycles. The van der Waals surface area contributed by atoms with E-state index in [2.05, 4.69) is 6.92 Å². The van der Waals surface area contributed by atoms with Crippen LogP contribution in [-0.2, 0) is 10.0 Å². The van der Waals surface area contributed by atoms with Crippen molar-refractivity contribution in [3.05, 3.63) is 24.3 Å². The van der Waals surface area contributed by atoms with Gasteiger partial charge in [-0.2, -0.15) is 4.31 Å². The summed E-state index contributed by atoms with van der Waals surface area (Å²) in [6, 6.07) is 6.62. The molecule has 7 heteroatoms. The van der Waals surface area contributed by atoms with Gasteiger partial charge in [-0.3, -0.25) is 0 Å². The average Bonchev–Trinajstić information content (AvgIpc) is 2.52. The van der Waals surface area contributed by atoms with Gasteiger partial charge in [0.05, 0.1) is 11.5 Å². The molecule has 1 aliphatic heterocycles. The van der Waals surface area contributed by atoms with Crippen LogP contribution in [0.4, 0.5) is 0 Å². The maximum absolute atomic E-state index is 12.6. The number of piperidine rings is 1. The summed E-state index contributed by atoms with van der Waals surface area (Å²) in [7, 11) is -3.44. The van der Waals surface area contributed by atoms with E-state index in [1.165, 1.54) is 4.31 Å². The molecule has 132 valence electrons. The first kappa shape index (κ1) is 20.2. The SMILES string of the molecule is CCCCCOc1ccc(S(=O)(=O)N2CCCC(N)C2)cc1.Cl. The lowest BCUT2D eigenvalue weighted by molar-refractivity contribution is 0.305. The van der Waals surface area contributed by atoms with Crippen molar-refractivity contribution in [2.75, 3.05) is 19.7 Å². The second-order valence-electron chi connectivity index (χ2n) is 5.79. The molecule has 1 aromatic rings. The monoisotopic (exact) mass is 362 g/mol. The molecule has 5 nitrogen and oxygen atoms in total. The summed E-state index contributed by atoms with van der Waals surface area (Å²) >= 11 is 0. The van der Waals surface area contributed by atoms with Crippen molar-refractivity contribution >= 4 is 22.4 Å². The van der Waals surface area contributed by atoms with Crippen LogP contribution in [0.2, 0.25) is 0 Å². The van der Waals surface area contributed by atoms with Gasteiger partial charge in [-0.1, -0.05) is 19.8 Å². The van der Waals surface area contributed by atoms with Crippen molar-refractivity contribution in [2.45, 2.75) is 50.0 Å². The Bertz CT molecular complexity index is 563. The van der Waals surface area contributed by atoms with Crippen LogP contribution in [0, 0.1) is 0 Å². The Morgan fingerprint density at radius 1 is 1.26 bits per heavy atom. The number of unbranched alkanes of at least 4 members (excludes halogenated alkanes) is 2. The molecule has 2 rings (SSSR count). The zero-order valence-corrected chi connectivity index (χ0v) is 15.2. The lowest BCUT2D eigenvalue weighted by Crippen LogP contribution is -2.45. The molecule has 0 aromatic heterocycles. The van der Waals surface area contributed by atoms with Crippen molar-refractivity contribution in [2.24, 2.45) is 5.73 Å². The molecule has 2 N–H and O–H groups in total. The van der Waals surface area contributed by atoms with Gasteiger partial charge in [0.15, 0.2) is 0 Å². The molecule has 0 saturated carbocycles. The number of rotatable bonds is 7. The van der Waals surface area contributed by atoms with Crippen LogP contribution in [0.3, 0.4) is 0 Å². The molecule has 1 atom stereocenters. The topological polar surface area (TPSA) is 72.6 Å². The van der Waals surface area contributed by atoms with E-state index in [1.54, 1.807) is 24.3 Å².